The van der Waals surface area contributed by atoms with Crippen LogP contribution in [0.3, 0.4) is 0 Å². The van der Waals surface area contributed by atoms with E-state index in [1.165, 1.54) is 0 Å². The number of rotatable bonds is 3. The Morgan fingerprint density at radius 1 is 1.35 bits per heavy atom. The molecule has 1 amide bonds. The molecule has 0 unspecified atom stereocenters. The Kier molecular flexibility index (Phi) is 5.42. The molecule has 0 saturated heterocycles. The molecule has 0 aliphatic carbocycles. The second kappa shape index (κ2) is 6.46. The Morgan fingerprint density at radius 3 is 2.55 bits per heavy atom. The molecule has 0 bridgehead atoms. The molecule has 0 radical (unpaired) electrons. The first kappa shape index (κ1) is 16.8. The molecule has 116 valence electrons. The highest BCUT2D eigenvalue weighted by atomic mass is 16.6. The molecule has 1 heterocycles. The summed E-state index contributed by atoms with van der Waals surface area (Å²) in [7, 11) is 0. The molecule has 1 aliphatic heterocycles. The number of hydrogen-bond donors (Lipinski definition) is 1. The number of nitrogens with one attached hydrogen (secondary N) is 1. The zero-order valence-corrected chi connectivity index (χ0v) is 13.7. The molecule has 1 N–H and O–H groups in total. The minimum atomic E-state index is -0.458. The fraction of sp³-hybridized carbons (Fsp3) is 0.867. The van der Waals surface area contributed by atoms with Gasteiger partial charge < -0.3 is 10.1 Å². The van der Waals surface area contributed by atoms with Gasteiger partial charge in [-0.25, -0.2) is 4.79 Å². The summed E-state index contributed by atoms with van der Waals surface area (Å²) in [6, 6.07) is 0. The first-order valence-corrected chi connectivity index (χ1v) is 7.42. The number of amides is 1. The molecular formula is C15H29N3O2. The fourth-order valence-corrected chi connectivity index (χ4v) is 2.25. The highest BCUT2D eigenvalue weighted by molar-refractivity contribution is 5.88. The van der Waals surface area contributed by atoms with E-state index in [0.29, 0.717) is 19.6 Å². The van der Waals surface area contributed by atoms with Gasteiger partial charge in [-0.05, 0) is 41.0 Å². The third kappa shape index (κ3) is 5.80. The summed E-state index contributed by atoms with van der Waals surface area (Å²) in [5.41, 5.74) is -0.453. The zero-order chi connectivity index (χ0) is 15.4. The molecule has 5 heteroatoms. The largest absolute Gasteiger partial charge is 0.444 e. The van der Waals surface area contributed by atoms with Gasteiger partial charge in [0.25, 0.3) is 0 Å². The number of amidine groups is 1. The number of ether oxygens (including phenoxy) is 1. The van der Waals surface area contributed by atoms with Crippen molar-refractivity contribution in [2.24, 2.45) is 4.99 Å². The lowest BCUT2D eigenvalue weighted by atomic mass is 9.99. The van der Waals surface area contributed by atoms with E-state index in [0.717, 1.165) is 18.7 Å². The third-order valence-electron chi connectivity index (χ3n) is 3.02. The minimum absolute atomic E-state index is 0.00449. The van der Waals surface area contributed by atoms with Crippen LogP contribution in [0.4, 0.5) is 4.79 Å². The number of carbonyl (C=O) groups is 1. The number of carbonyl (C=O) groups excluding carboxylic acids is 1. The summed E-state index contributed by atoms with van der Waals surface area (Å²) in [4.78, 5) is 18.3. The van der Waals surface area contributed by atoms with Gasteiger partial charge in [-0.15, -0.1) is 0 Å². The SMILES string of the molecule is CCCC(C)(C)NC1=NCCN(C(=O)OC(C)(C)C)C1. The highest BCUT2D eigenvalue weighted by Gasteiger charge is 2.27. The number of aliphatic imine (C=N–C) groups is 1. The van der Waals surface area contributed by atoms with Gasteiger partial charge in [0.05, 0.1) is 13.1 Å². The maximum absolute atomic E-state index is 12.1. The average molecular weight is 283 g/mol. The first-order valence-electron chi connectivity index (χ1n) is 7.42. The maximum atomic E-state index is 12.1. The lowest BCUT2D eigenvalue weighted by Gasteiger charge is -2.34. The van der Waals surface area contributed by atoms with Crippen molar-refractivity contribution >= 4 is 11.9 Å². The first-order chi connectivity index (χ1) is 9.13. The summed E-state index contributed by atoms with van der Waals surface area (Å²) in [6.07, 6.45) is 1.92. The highest BCUT2D eigenvalue weighted by Crippen LogP contribution is 2.14. The molecule has 0 spiro atoms. The summed E-state index contributed by atoms with van der Waals surface area (Å²) >= 11 is 0. The van der Waals surface area contributed by atoms with E-state index in [9.17, 15) is 4.79 Å². The monoisotopic (exact) mass is 283 g/mol. The second-order valence-electron chi connectivity index (χ2n) is 6.99. The Bertz CT molecular complexity index is 370. The molecule has 0 aromatic carbocycles. The molecule has 5 nitrogen and oxygen atoms in total. The van der Waals surface area contributed by atoms with E-state index >= 15 is 0 Å². The molecule has 20 heavy (non-hydrogen) atoms. The van der Waals surface area contributed by atoms with Crippen LogP contribution in [0.25, 0.3) is 0 Å². The number of hydrogen-bond acceptors (Lipinski definition) is 4. The van der Waals surface area contributed by atoms with Crippen molar-refractivity contribution in [3.05, 3.63) is 0 Å². The maximum Gasteiger partial charge on any atom is 0.410 e. The van der Waals surface area contributed by atoms with Crippen molar-refractivity contribution in [3.8, 4) is 0 Å². The van der Waals surface area contributed by atoms with E-state index in [1.54, 1.807) is 4.90 Å². The van der Waals surface area contributed by atoms with Crippen LogP contribution in [0.1, 0.15) is 54.4 Å². The van der Waals surface area contributed by atoms with Gasteiger partial charge in [0.15, 0.2) is 0 Å². The van der Waals surface area contributed by atoms with Crippen molar-refractivity contribution in [2.45, 2.75) is 65.5 Å². The lowest BCUT2D eigenvalue weighted by molar-refractivity contribution is 0.0275. The summed E-state index contributed by atoms with van der Waals surface area (Å²) in [5, 5.41) is 3.44. The zero-order valence-electron chi connectivity index (χ0n) is 13.7. The van der Waals surface area contributed by atoms with Gasteiger partial charge in [0.2, 0.25) is 0 Å². The molecule has 0 fully saturated rings. The summed E-state index contributed by atoms with van der Waals surface area (Å²) in [6.45, 7) is 13.9. The molecule has 1 aliphatic rings. The van der Waals surface area contributed by atoms with Gasteiger partial charge in [-0.3, -0.25) is 9.89 Å². The third-order valence-corrected chi connectivity index (χ3v) is 3.02. The number of nitrogens with zero attached hydrogens (tertiary/aromatic N) is 2. The van der Waals surface area contributed by atoms with E-state index in [4.69, 9.17) is 4.74 Å². The van der Waals surface area contributed by atoms with Gasteiger partial charge in [0.1, 0.15) is 11.4 Å². The van der Waals surface area contributed by atoms with E-state index in [2.05, 4.69) is 31.1 Å². The van der Waals surface area contributed by atoms with Gasteiger partial charge in [-0.1, -0.05) is 13.3 Å². The van der Waals surface area contributed by atoms with Crippen molar-refractivity contribution in [2.75, 3.05) is 19.6 Å². The van der Waals surface area contributed by atoms with Crippen LogP contribution in [0.5, 0.6) is 0 Å². The molecular weight excluding hydrogens is 254 g/mol. The second-order valence-corrected chi connectivity index (χ2v) is 6.99. The molecule has 0 saturated carbocycles. The predicted molar refractivity (Wildman–Crippen MR) is 82.2 cm³/mol. The predicted octanol–water partition coefficient (Wildman–Crippen LogP) is 2.80. The Morgan fingerprint density at radius 2 is 2.00 bits per heavy atom. The normalized spacial score (nSPS) is 16.7. The van der Waals surface area contributed by atoms with E-state index < -0.39 is 5.60 Å². The molecule has 1 rings (SSSR count). The topological polar surface area (TPSA) is 53.9 Å². The Balaban J connectivity index is 2.58. The van der Waals surface area contributed by atoms with Gasteiger partial charge in [0, 0.05) is 12.1 Å². The Hall–Kier alpha value is -1.26. The lowest BCUT2D eigenvalue weighted by Crippen LogP contribution is -2.52. The fourth-order valence-electron chi connectivity index (χ4n) is 2.25. The van der Waals surface area contributed by atoms with Crippen molar-refractivity contribution in [1.29, 1.82) is 0 Å². The Labute approximate surface area is 122 Å². The molecule has 0 aromatic heterocycles. The van der Waals surface area contributed by atoms with Crippen molar-refractivity contribution in [3.63, 3.8) is 0 Å². The van der Waals surface area contributed by atoms with Crippen molar-refractivity contribution in [1.82, 2.24) is 10.2 Å². The quantitative estimate of drug-likeness (QED) is 0.866. The van der Waals surface area contributed by atoms with E-state index in [1.807, 2.05) is 20.8 Å². The standard InChI is InChI=1S/C15H29N3O2/c1-7-8-15(5,6)17-12-11-18(10-9-16-12)13(19)20-14(2,3)4/h7-11H2,1-6H3,(H,16,17). The van der Waals surface area contributed by atoms with Crippen LogP contribution >= 0.6 is 0 Å². The van der Waals surface area contributed by atoms with Gasteiger partial charge in [-0.2, -0.15) is 0 Å². The van der Waals surface area contributed by atoms with Gasteiger partial charge >= 0.3 is 6.09 Å². The molecule has 0 aromatic rings. The summed E-state index contributed by atoms with van der Waals surface area (Å²) < 4.78 is 5.41. The van der Waals surface area contributed by atoms with Crippen LogP contribution in [0.15, 0.2) is 4.99 Å². The average Bonchev–Trinajstić information content (AvgIpc) is 2.26. The van der Waals surface area contributed by atoms with Crippen LogP contribution in [0.2, 0.25) is 0 Å². The van der Waals surface area contributed by atoms with Crippen LogP contribution in [-0.4, -0.2) is 47.6 Å². The smallest absolute Gasteiger partial charge is 0.410 e. The van der Waals surface area contributed by atoms with Crippen LogP contribution < -0.4 is 5.32 Å². The van der Waals surface area contributed by atoms with Crippen molar-refractivity contribution < 1.29 is 9.53 Å². The van der Waals surface area contributed by atoms with Crippen LogP contribution in [0, 0.1) is 0 Å². The minimum Gasteiger partial charge on any atom is -0.444 e. The van der Waals surface area contributed by atoms with Crippen LogP contribution in [-0.2, 0) is 4.74 Å². The van der Waals surface area contributed by atoms with E-state index in [-0.39, 0.29) is 11.6 Å². The summed E-state index contributed by atoms with van der Waals surface area (Å²) in [5.74, 6) is 0.876. The molecule has 0 atom stereocenters.